The smallest absolute Gasteiger partial charge is 0.387 e. The van der Waals surface area contributed by atoms with Gasteiger partial charge in [0.25, 0.3) is 0 Å². The van der Waals surface area contributed by atoms with Crippen LogP contribution in [0, 0.1) is 12.8 Å². The number of ether oxygens (including phenoxy) is 2. The summed E-state index contributed by atoms with van der Waals surface area (Å²) in [5.74, 6) is 0.291. The summed E-state index contributed by atoms with van der Waals surface area (Å²) < 4.78 is 37.7. The molecule has 1 atom stereocenters. The third kappa shape index (κ3) is 5.03. The van der Waals surface area contributed by atoms with E-state index in [1.165, 1.54) is 7.11 Å². The van der Waals surface area contributed by atoms with Crippen LogP contribution in [0.25, 0.3) is 16.8 Å². The van der Waals surface area contributed by atoms with Gasteiger partial charge in [-0.3, -0.25) is 4.79 Å². The van der Waals surface area contributed by atoms with Crippen molar-refractivity contribution in [1.29, 1.82) is 0 Å². The van der Waals surface area contributed by atoms with Crippen molar-refractivity contribution in [2.75, 3.05) is 25.1 Å². The monoisotopic (exact) mass is 521 g/mol. The molecule has 198 valence electrons. The summed E-state index contributed by atoms with van der Waals surface area (Å²) in [5.41, 5.74) is 4.85. The van der Waals surface area contributed by atoms with Crippen molar-refractivity contribution >= 4 is 17.6 Å². The Hall–Kier alpha value is -4.08. The van der Waals surface area contributed by atoms with E-state index in [0.717, 1.165) is 28.2 Å². The summed E-state index contributed by atoms with van der Waals surface area (Å²) in [7, 11) is 1.42. The maximum atomic E-state index is 13.0. The molecular formula is C28H29F2N5O3. The summed E-state index contributed by atoms with van der Waals surface area (Å²) in [5, 5.41) is 0. The zero-order chi connectivity index (χ0) is 26.8. The lowest BCUT2D eigenvalue weighted by Gasteiger charge is -2.30. The number of benzene rings is 1. The van der Waals surface area contributed by atoms with Crippen molar-refractivity contribution in [3.05, 3.63) is 71.9 Å². The van der Waals surface area contributed by atoms with Crippen LogP contribution in [0.5, 0.6) is 5.75 Å². The summed E-state index contributed by atoms with van der Waals surface area (Å²) >= 11 is 0. The van der Waals surface area contributed by atoms with Crippen LogP contribution in [0.3, 0.4) is 0 Å². The summed E-state index contributed by atoms with van der Waals surface area (Å²) in [6.45, 7) is 2.35. The normalized spacial score (nSPS) is 15.2. The summed E-state index contributed by atoms with van der Waals surface area (Å²) in [6.07, 6.45) is 6.96. The molecule has 1 aliphatic rings. The van der Waals surface area contributed by atoms with Crippen LogP contribution < -0.4 is 9.64 Å². The zero-order valence-electron chi connectivity index (χ0n) is 21.5. The first-order chi connectivity index (χ1) is 18.4. The number of rotatable bonds is 7. The molecule has 1 aromatic carbocycles. The molecule has 8 nitrogen and oxygen atoms in total. The van der Waals surface area contributed by atoms with Crippen molar-refractivity contribution in [1.82, 2.24) is 19.4 Å². The Morgan fingerprint density at radius 3 is 2.45 bits per heavy atom. The van der Waals surface area contributed by atoms with E-state index in [9.17, 15) is 13.6 Å². The molecule has 10 heteroatoms. The highest BCUT2D eigenvalue weighted by Crippen LogP contribution is 2.35. The number of methoxy groups -OCH3 is 1. The van der Waals surface area contributed by atoms with E-state index >= 15 is 0 Å². The molecule has 0 aliphatic carbocycles. The van der Waals surface area contributed by atoms with Crippen LogP contribution in [-0.4, -0.2) is 52.1 Å². The SMILES string of the molecule is COC(=O)C1CCN(c2ncc(-c3ccc4nc(C)c(C(C)c5ccccc5OC(F)F)n4c3)cn2)CC1. The number of aromatic nitrogens is 4. The first-order valence-corrected chi connectivity index (χ1v) is 12.5. The summed E-state index contributed by atoms with van der Waals surface area (Å²) in [4.78, 5) is 27.7. The number of carbonyl (C=O) groups excluding carboxylic acids is 1. The third-order valence-electron chi connectivity index (χ3n) is 7.14. The second-order valence-electron chi connectivity index (χ2n) is 9.42. The first kappa shape index (κ1) is 25.6. The number of carbonyl (C=O) groups is 1. The van der Waals surface area contributed by atoms with E-state index in [0.29, 0.717) is 37.4 Å². The van der Waals surface area contributed by atoms with Crippen LogP contribution in [0.4, 0.5) is 14.7 Å². The van der Waals surface area contributed by atoms with Gasteiger partial charge in [-0.05, 0) is 38.0 Å². The number of aryl methyl sites for hydroxylation is 1. The summed E-state index contributed by atoms with van der Waals surface area (Å²) in [6, 6.07) is 10.7. The van der Waals surface area contributed by atoms with Crippen molar-refractivity contribution in [3.63, 3.8) is 0 Å². The number of para-hydroxylation sites is 1. The number of piperidine rings is 1. The van der Waals surface area contributed by atoms with Crippen molar-refractivity contribution < 1.29 is 23.0 Å². The average Bonchev–Trinajstić information content (AvgIpc) is 3.27. The topological polar surface area (TPSA) is 81.8 Å². The fraction of sp³-hybridized carbons (Fsp3) is 0.357. The Bertz CT molecular complexity index is 1430. The number of imidazole rings is 1. The molecule has 0 radical (unpaired) electrons. The van der Waals surface area contributed by atoms with E-state index < -0.39 is 6.61 Å². The number of anilines is 1. The number of hydrogen-bond donors (Lipinski definition) is 0. The number of esters is 1. The van der Waals surface area contributed by atoms with Crippen molar-refractivity contribution in [3.8, 4) is 16.9 Å². The van der Waals surface area contributed by atoms with E-state index in [2.05, 4.69) is 19.9 Å². The number of alkyl halides is 2. The van der Waals surface area contributed by atoms with Gasteiger partial charge in [-0.25, -0.2) is 15.0 Å². The van der Waals surface area contributed by atoms with Gasteiger partial charge in [0.2, 0.25) is 5.95 Å². The van der Waals surface area contributed by atoms with Crippen molar-refractivity contribution in [2.45, 2.75) is 39.2 Å². The second kappa shape index (κ2) is 10.7. The number of hydrogen-bond acceptors (Lipinski definition) is 7. The Balaban J connectivity index is 1.41. The number of fused-ring (bicyclic) bond motifs is 1. The van der Waals surface area contributed by atoms with Crippen molar-refractivity contribution in [2.24, 2.45) is 5.92 Å². The van der Waals surface area contributed by atoms with E-state index in [4.69, 9.17) is 9.47 Å². The molecule has 0 N–H and O–H groups in total. The molecular weight excluding hydrogens is 492 g/mol. The van der Waals surface area contributed by atoms with Gasteiger partial charge in [0.1, 0.15) is 11.4 Å². The molecule has 4 heterocycles. The standard InChI is InChI=1S/C28H29F2N5O3/c1-17(22-6-4-5-7-23(22)38-27(29)30)25-18(2)33-24-9-8-20(16-35(24)25)21-14-31-28(32-15-21)34-12-10-19(11-13-34)26(36)37-3/h4-9,14-17,19,27H,10-13H2,1-3H3. The number of pyridine rings is 1. The zero-order valence-corrected chi connectivity index (χ0v) is 21.5. The maximum Gasteiger partial charge on any atom is 0.387 e. The third-order valence-corrected chi connectivity index (χ3v) is 7.14. The van der Waals surface area contributed by atoms with Gasteiger partial charge in [-0.15, -0.1) is 0 Å². The van der Waals surface area contributed by atoms with Crippen LogP contribution in [0.15, 0.2) is 55.0 Å². The molecule has 0 amide bonds. The Morgan fingerprint density at radius 2 is 1.76 bits per heavy atom. The minimum atomic E-state index is -2.90. The van der Waals surface area contributed by atoms with Gasteiger partial charge in [0.15, 0.2) is 0 Å². The van der Waals surface area contributed by atoms with E-state index in [1.54, 1.807) is 30.6 Å². The largest absolute Gasteiger partial charge is 0.469 e. The molecule has 0 bridgehead atoms. The number of nitrogens with zero attached hydrogens (tertiary/aromatic N) is 5. The molecule has 38 heavy (non-hydrogen) atoms. The minimum absolute atomic E-state index is 0.0774. The minimum Gasteiger partial charge on any atom is -0.469 e. The molecule has 0 saturated carbocycles. The molecule has 1 unspecified atom stereocenters. The Labute approximate surface area is 219 Å². The molecule has 5 rings (SSSR count). The van der Waals surface area contributed by atoms with Crippen LogP contribution in [-0.2, 0) is 9.53 Å². The Kier molecular flexibility index (Phi) is 7.22. The number of halogens is 2. The highest BCUT2D eigenvalue weighted by atomic mass is 19.3. The maximum absolute atomic E-state index is 13.0. The fourth-order valence-corrected chi connectivity index (χ4v) is 5.18. The first-order valence-electron chi connectivity index (χ1n) is 12.5. The van der Waals surface area contributed by atoms with E-state index in [1.807, 2.05) is 42.6 Å². The van der Waals surface area contributed by atoms with E-state index in [-0.39, 0.29) is 23.6 Å². The lowest BCUT2D eigenvalue weighted by molar-refractivity contribution is -0.146. The highest BCUT2D eigenvalue weighted by molar-refractivity contribution is 5.72. The van der Waals surface area contributed by atoms with Crippen LogP contribution >= 0.6 is 0 Å². The van der Waals surface area contributed by atoms with Gasteiger partial charge >= 0.3 is 12.6 Å². The molecule has 3 aromatic heterocycles. The highest BCUT2D eigenvalue weighted by Gasteiger charge is 2.27. The lowest BCUT2D eigenvalue weighted by atomic mass is 9.95. The van der Waals surface area contributed by atoms with Crippen LogP contribution in [0.1, 0.15) is 42.6 Å². The molecule has 1 saturated heterocycles. The molecule has 4 aromatic rings. The molecule has 1 aliphatic heterocycles. The average molecular weight is 522 g/mol. The van der Waals surface area contributed by atoms with Gasteiger partial charge in [0.05, 0.1) is 24.4 Å². The lowest BCUT2D eigenvalue weighted by Crippen LogP contribution is -2.37. The van der Waals surface area contributed by atoms with Gasteiger partial charge in [-0.1, -0.05) is 25.1 Å². The Morgan fingerprint density at radius 1 is 1.05 bits per heavy atom. The molecule has 0 spiro atoms. The predicted octanol–water partition coefficient (Wildman–Crippen LogP) is 5.24. The fourth-order valence-electron chi connectivity index (χ4n) is 5.18. The quantitative estimate of drug-likeness (QED) is 0.308. The van der Waals surface area contributed by atoms with Crippen LogP contribution in [0.2, 0.25) is 0 Å². The van der Waals surface area contributed by atoms with Gasteiger partial charge < -0.3 is 18.8 Å². The van der Waals surface area contributed by atoms with Gasteiger partial charge in [0, 0.05) is 54.3 Å². The predicted molar refractivity (Wildman–Crippen MR) is 138 cm³/mol. The molecule has 1 fully saturated rings. The second-order valence-corrected chi connectivity index (χ2v) is 9.42. The van der Waals surface area contributed by atoms with Gasteiger partial charge in [-0.2, -0.15) is 8.78 Å².